The highest BCUT2D eigenvalue weighted by Crippen LogP contribution is 2.43. The summed E-state index contributed by atoms with van der Waals surface area (Å²) in [6.07, 6.45) is 2.53. The van der Waals surface area contributed by atoms with Crippen LogP contribution in [0, 0.1) is 5.41 Å². The normalized spacial score (nSPS) is 17.9. The SMILES string of the molecule is CNCc1ccc(-c2nnc(-c3nc(N4CCC5(C4)CN(S(=O)(=O)C(C)C)C5)cnc3N)o2)cc1.[HH].[HH].[HH]. The van der Waals surface area contributed by atoms with Crippen LogP contribution in [0.4, 0.5) is 11.6 Å². The number of anilines is 2. The van der Waals surface area contributed by atoms with Crippen molar-refractivity contribution in [3.63, 3.8) is 0 Å². The molecule has 192 valence electrons. The summed E-state index contributed by atoms with van der Waals surface area (Å²) >= 11 is 0. The average Bonchev–Trinajstić information content (AvgIpc) is 3.47. The van der Waals surface area contributed by atoms with Gasteiger partial charge in [0.2, 0.25) is 15.9 Å². The lowest BCUT2D eigenvalue weighted by molar-refractivity contribution is 0.0928. The Morgan fingerprint density at radius 3 is 2.57 bits per heavy atom. The Morgan fingerprint density at radius 1 is 1.17 bits per heavy atom. The van der Waals surface area contributed by atoms with Crippen molar-refractivity contribution >= 4 is 21.7 Å². The van der Waals surface area contributed by atoms with Gasteiger partial charge in [-0.1, -0.05) is 12.1 Å². The molecular weight excluding hydrogens is 468 g/mol. The van der Waals surface area contributed by atoms with Crippen molar-refractivity contribution in [2.24, 2.45) is 5.41 Å². The largest absolute Gasteiger partial charge is 0.414 e. The Kier molecular flexibility index (Phi) is 5.98. The first-order valence-corrected chi connectivity index (χ1v) is 13.2. The number of nitrogens with zero attached hydrogens (tertiary/aromatic N) is 6. The molecule has 2 aliphatic heterocycles. The minimum absolute atomic E-state index is 0. The van der Waals surface area contributed by atoms with Crippen LogP contribution in [0.2, 0.25) is 0 Å². The summed E-state index contributed by atoms with van der Waals surface area (Å²) < 4.78 is 32.4. The van der Waals surface area contributed by atoms with E-state index in [4.69, 9.17) is 15.1 Å². The van der Waals surface area contributed by atoms with Crippen molar-refractivity contribution in [3.05, 3.63) is 36.0 Å². The van der Waals surface area contributed by atoms with Crippen LogP contribution in [-0.4, -0.2) is 71.4 Å². The van der Waals surface area contributed by atoms with E-state index in [1.54, 1.807) is 24.3 Å². The van der Waals surface area contributed by atoms with E-state index in [9.17, 15) is 8.42 Å². The van der Waals surface area contributed by atoms with Gasteiger partial charge in [0.05, 0.1) is 11.4 Å². The lowest BCUT2D eigenvalue weighted by Crippen LogP contribution is -2.60. The number of hydrogen-bond acceptors (Lipinski definition) is 10. The molecule has 5 rings (SSSR count). The van der Waals surface area contributed by atoms with Gasteiger partial charge in [0.25, 0.3) is 5.89 Å². The Bertz CT molecular complexity index is 1330. The molecule has 4 heterocycles. The highest BCUT2D eigenvalue weighted by molar-refractivity contribution is 7.89. The topological polar surface area (TPSA) is 143 Å². The first kappa shape index (κ1) is 23.6. The quantitative estimate of drug-likeness (QED) is 0.492. The van der Waals surface area contributed by atoms with Gasteiger partial charge >= 0.3 is 0 Å². The van der Waals surface area contributed by atoms with Crippen LogP contribution in [0.25, 0.3) is 23.0 Å². The fourth-order valence-corrected chi connectivity index (χ4v) is 6.18. The molecule has 0 amide bonds. The third-order valence-electron chi connectivity index (χ3n) is 6.74. The standard InChI is InChI=1S/C23H30N8O3S.3H2/c1-15(2)35(32,33)31-13-23(14-31)8-9-30(12-23)18-11-26-20(24)19(27-18)22-29-28-21(34-22)17-6-4-16(5-7-17)10-25-3;;;/h4-7,11,15,25H,8-10,12-14H2,1-3H3,(H2,24,26);3*1H. The van der Waals surface area contributed by atoms with Gasteiger partial charge < -0.3 is 20.4 Å². The maximum atomic E-state index is 12.4. The predicted molar refractivity (Wildman–Crippen MR) is 139 cm³/mol. The van der Waals surface area contributed by atoms with Crippen LogP contribution in [0.15, 0.2) is 34.9 Å². The van der Waals surface area contributed by atoms with Crippen molar-refractivity contribution < 1.29 is 17.1 Å². The first-order valence-electron chi connectivity index (χ1n) is 11.6. The molecule has 3 N–H and O–H groups in total. The number of nitrogens with one attached hydrogen (secondary N) is 1. The molecular formula is C23H36N8O3S. The van der Waals surface area contributed by atoms with Crippen molar-refractivity contribution in [2.45, 2.75) is 32.1 Å². The van der Waals surface area contributed by atoms with Crippen LogP contribution in [0.1, 0.15) is 30.1 Å². The Hall–Kier alpha value is -3.09. The monoisotopic (exact) mass is 504 g/mol. The predicted octanol–water partition coefficient (Wildman–Crippen LogP) is 2.48. The summed E-state index contributed by atoms with van der Waals surface area (Å²) in [5.74, 6) is 1.45. The van der Waals surface area contributed by atoms with Gasteiger partial charge in [0.1, 0.15) is 5.82 Å². The molecule has 12 heteroatoms. The summed E-state index contributed by atoms with van der Waals surface area (Å²) in [5.41, 5.74) is 8.35. The van der Waals surface area contributed by atoms with Crippen molar-refractivity contribution in [3.8, 4) is 23.0 Å². The average molecular weight is 505 g/mol. The molecule has 2 aliphatic rings. The third-order valence-corrected chi connectivity index (χ3v) is 8.91. The minimum atomic E-state index is -3.22. The molecule has 0 bridgehead atoms. The minimum Gasteiger partial charge on any atom is -0.414 e. The molecule has 3 aromatic rings. The van der Waals surface area contributed by atoms with Gasteiger partial charge in [0, 0.05) is 48.0 Å². The van der Waals surface area contributed by atoms with E-state index in [0.29, 0.717) is 37.0 Å². The molecule has 35 heavy (non-hydrogen) atoms. The summed E-state index contributed by atoms with van der Waals surface area (Å²) in [5, 5.41) is 11.0. The third kappa shape index (κ3) is 4.37. The van der Waals surface area contributed by atoms with Crippen molar-refractivity contribution in [2.75, 3.05) is 43.9 Å². The second kappa shape index (κ2) is 8.85. The molecule has 2 fully saturated rings. The number of rotatable bonds is 7. The number of sulfonamides is 1. The van der Waals surface area contributed by atoms with Crippen LogP contribution >= 0.6 is 0 Å². The Labute approximate surface area is 209 Å². The summed E-state index contributed by atoms with van der Waals surface area (Å²) in [7, 11) is -1.32. The molecule has 0 radical (unpaired) electrons. The van der Waals surface area contributed by atoms with E-state index < -0.39 is 15.3 Å². The maximum Gasteiger partial charge on any atom is 0.270 e. The second-order valence-corrected chi connectivity index (χ2v) is 12.1. The number of benzene rings is 1. The zero-order valence-electron chi connectivity index (χ0n) is 20.1. The molecule has 1 spiro atoms. The van der Waals surface area contributed by atoms with E-state index in [-0.39, 0.29) is 21.4 Å². The maximum absolute atomic E-state index is 12.4. The van der Waals surface area contributed by atoms with E-state index >= 15 is 0 Å². The fourth-order valence-electron chi connectivity index (χ4n) is 4.67. The van der Waals surface area contributed by atoms with Gasteiger partial charge in [-0.2, -0.15) is 0 Å². The molecule has 2 saturated heterocycles. The Balaban J connectivity index is 0.00000169. The summed E-state index contributed by atoms with van der Waals surface area (Å²) in [4.78, 5) is 11.1. The smallest absolute Gasteiger partial charge is 0.270 e. The molecule has 1 aromatic carbocycles. The summed E-state index contributed by atoms with van der Waals surface area (Å²) in [6.45, 7) is 6.77. The van der Waals surface area contributed by atoms with Crippen LogP contribution in [-0.2, 0) is 16.6 Å². The lowest BCUT2D eigenvalue weighted by atomic mass is 9.81. The van der Waals surface area contributed by atoms with Gasteiger partial charge in [-0.25, -0.2) is 22.7 Å². The van der Waals surface area contributed by atoms with Crippen LogP contribution in [0.5, 0.6) is 0 Å². The molecule has 0 aliphatic carbocycles. The second-order valence-electron chi connectivity index (χ2n) is 9.63. The lowest BCUT2D eigenvalue weighted by Gasteiger charge is -2.47. The van der Waals surface area contributed by atoms with Crippen molar-refractivity contribution in [1.82, 2.24) is 29.8 Å². The molecule has 0 saturated carbocycles. The highest BCUT2D eigenvalue weighted by atomic mass is 32.2. The summed E-state index contributed by atoms with van der Waals surface area (Å²) in [6, 6.07) is 7.87. The zero-order chi connectivity index (χ0) is 24.8. The van der Waals surface area contributed by atoms with E-state index in [0.717, 1.165) is 30.6 Å². The number of hydrogen-bond donors (Lipinski definition) is 2. The number of aromatic nitrogens is 4. The van der Waals surface area contributed by atoms with E-state index in [1.165, 1.54) is 0 Å². The molecule has 11 nitrogen and oxygen atoms in total. The fraction of sp³-hybridized carbons (Fsp3) is 0.478. The number of nitrogen functional groups attached to an aromatic ring is 1. The first-order chi connectivity index (χ1) is 16.7. The van der Waals surface area contributed by atoms with Crippen molar-refractivity contribution in [1.29, 1.82) is 0 Å². The van der Waals surface area contributed by atoms with Crippen LogP contribution < -0.4 is 16.0 Å². The Morgan fingerprint density at radius 2 is 1.89 bits per heavy atom. The molecule has 0 atom stereocenters. The van der Waals surface area contributed by atoms with Gasteiger partial charge in [0.15, 0.2) is 11.5 Å². The zero-order valence-corrected chi connectivity index (χ0v) is 20.9. The highest BCUT2D eigenvalue weighted by Gasteiger charge is 2.52. The van der Waals surface area contributed by atoms with Gasteiger partial charge in [-0.05, 0) is 45.0 Å². The van der Waals surface area contributed by atoms with Crippen LogP contribution in [0.3, 0.4) is 0 Å². The van der Waals surface area contributed by atoms with Gasteiger partial charge in [-0.3, -0.25) is 0 Å². The molecule has 0 unspecified atom stereocenters. The van der Waals surface area contributed by atoms with Gasteiger partial charge in [-0.15, -0.1) is 10.2 Å². The number of nitrogens with two attached hydrogens (primary N) is 1. The van der Waals surface area contributed by atoms with E-state index in [2.05, 4.69) is 25.4 Å². The van der Waals surface area contributed by atoms with E-state index in [1.807, 2.05) is 31.3 Å². The molecule has 2 aromatic heterocycles.